The second-order valence-electron chi connectivity index (χ2n) is 6.37. The molecule has 0 saturated heterocycles. The van der Waals surface area contributed by atoms with E-state index in [1.165, 1.54) is 27.8 Å². The normalized spacial score (nSPS) is 12.0. The quantitative estimate of drug-likeness (QED) is 0.524. The Hall–Kier alpha value is -2.10. The summed E-state index contributed by atoms with van der Waals surface area (Å²) in [5, 5.41) is 3.93. The molecule has 6 nitrogen and oxygen atoms in total. The smallest absolute Gasteiger partial charge is 0.268 e. The molecule has 0 saturated carbocycles. The molecule has 0 aliphatic rings. The van der Waals surface area contributed by atoms with Crippen molar-refractivity contribution in [2.75, 3.05) is 13.1 Å². The van der Waals surface area contributed by atoms with Crippen molar-refractivity contribution in [3.05, 3.63) is 41.0 Å². The topological polar surface area (TPSA) is 76.3 Å². The van der Waals surface area contributed by atoms with Gasteiger partial charge in [-0.1, -0.05) is 19.0 Å². The van der Waals surface area contributed by atoms with Crippen molar-refractivity contribution in [1.82, 2.24) is 14.4 Å². The van der Waals surface area contributed by atoms with Crippen molar-refractivity contribution in [3.63, 3.8) is 0 Å². The van der Waals surface area contributed by atoms with Crippen molar-refractivity contribution in [2.24, 2.45) is 0 Å². The van der Waals surface area contributed by atoms with Crippen molar-refractivity contribution in [3.8, 4) is 22.2 Å². The first-order valence-corrected chi connectivity index (χ1v) is 11.3. The van der Waals surface area contributed by atoms with Crippen LogP contribution in [0.2, 0.25) is 0 Å². The molecule has 2 aromatic heterocycles. The molecule has 0 radical (unpaired) electrons. The van der Waals surface area contributed by atoms with Gasteiger partial charge in [-0.15, -0.1) is 11.3 Å². The fraction of sp³-hybridized carbons (Fsp3) is 0.368. The van der Waals surface area contributed by atoms with Crippen LogP contribution in [0.5, 0.6) is 0 Å². The van der Waals surface area contributed by atoms with Crippen LogP contribution in [0.1, 0.15) is 31.6 Å². The van der Waals surface area contributed by atoms with E-state index in [4.69, 9.17) is 4.52 Å². The number of aromatic nitrogens is 2. The third kappa shape index (κ3) is 4.16. The summed E-state index contributed by atoms with van der Waals surface area (Å²) in [6.07, 6.45) is 1.50. The molecule has 3 rings (SSSR count). The lowest BCUT2D eigenvalue weighted by molar-refractivity contribution is 0.410. The number of thiophene rings is 1. The molecular formula is C19H22FN3O3S2. The average Bonchev–Trinajstić information content (AvgIpc) is 3.29. The first kappa shape index (κ1) is 20.6. The van der Waals surface area contributed by atoms with E-state index in [2.05, 4.69) is 10.1 Å². The number of sulfonamides is 1. The predicted molar refractivity (Wildman–Crippen MR) is 107 cm³/mol. The molecule has 0 fully saturated rings. The van der Waals surface area contributed by atoms with Gasteiger partial charge in [-0.25, -0.2) is 12.8 Å². The molecule has 0 atom stereocenters. The number of hydrogen-bond donors (Lipinski definition) is 0. The standard InChI is InChI=1S/C19H22FN3O3S2/c1-4-10-23(11-5-2)28(24,25)17-12-16(27-13(17)3)19-21-18(22-26-19)14-6-8-15(20)9-7-14/h6-9,12H,4-5,10-11H2,1-3H3. The highest BCUT2D eigenvalue weighted by Gasteiger charge is 2.28. The second-order valence-corrected chi connectivity index (χ2v) is 9.53. The van der Waals surface area contributed by atoms with Crippen molar-refractivity contribution < 1.29 is 17.3 Å². The van der Waals surface area contributed by atoms with Gasteiger partial charge in [0.15, 0.2) is 0 Å². The summed E-state index contributed by atoms with van der Waals surface area (Å²) in [5.74, 6) is 0.218. The summed E-state index contributed by atoms with van der Waals surface area (Å²) in [6.45, 7) is 6.65. The molecule has 0 spiro atoms. The van der Waals surface area contributed by atoms with Gasteiger partial charge in [-0.2, -0.15) is 9.29 Å². The third-order valence-corrected chi connectivity index (χ3v) is 7.37. The first-order valence-electron chi connectivity index (χ1n) is 9.07. The minimum atomic E-state index is -3.58. The van der Waals surface area contributed by atoms with E-state index in [9.17, 15) is 12.8 Å². The first-order chi connectivity index (χ1) is 13.4. The Morgan fingerprint density at radius 3 is 2.39 bits per heavy atom. The highest BCUT2D eigenvalue weighted by atomic mass is 32.2. The number of benzene rings is 1. The lowest BCUT2D eigenvalue weighted by atomic mass is 10.2. The second kappa shape index (κ2) is 8.50. The van der Waals surface area contributed by atoms with E-state index in [0.29, 0.717) is 34.2 Å². The summed E-state index contributed by atoms with van der Waals surface area (Å²) in [5.41, 5.74) is 0.620. The van der Waals surface area contributed by atoms with E-state index < -0.39 is 10.0 Å². The summed E-state index contributed by atoms with van der Waals surface area (Å²) in [4.78, 5) is 5.87. The average molecular weight is 424 g/mol. The van der Waals surface area contributed by atoms with E-state index in [1.807, 2.05) is 13.8 Å². The van der Waals surface area contributed by atoms with Gasteiger partial charge in [0.1, 0.15) is 5.82 Å². The summed E-state index contributed by atoms with van der Waals surface area (Å²) in [6, 6.07) is 7.36. The molecule has 1 aromatic carbocycles. The number of nitrogens with zero attached hydrogens (tertiary/aromatic N) is 3. The van der Waals surface area contributed by atoms with Crippen LogP contribution in [-0.2, 0) is 10.0 Å². The number of rotatable bonds is 8. The van der Waals surface area contributed by atoms with Gasteiger partial charge in [-0.05, 0) is 50.1 Å². The monoisotopic (exact) mass is 423 g/mol. The van der Waals surface area contributed by atoms with Crippen LogP contribution in [0.15, 0.2) is 39.8 Å². The molecular weight excluding hydrogens is 401 g/mol. The molecule has 150 valence electrons. The van der Waals surface area contributed by atoms with Gasteiger partial charge in [-0.3, -0.25) is 0 Å². The summed E-state index contributed by atoms with van der Waals surface area (Å²) < 4.78 is 46.1. The molecule has 2 heterocycles. The van der Waals surface area contributed by atoms with Crippen molar-refractivity contribution >= 4 is 21.4 Å². The minimum Gasteiger partial charge on any atom is -0.333 e. The van der Waals surface area contributed by atoms with Crippen LogP contribution in [0.25, 0.3) is 22.2 Å². The van der Waals surface area contributed by atoms with E-state index in [0.717, 1.165) is 12.8 Å². The summed E-state index contributed by atoms with van der Waals surface area (Å²) >= 11 is 1.30. The Kier molecular flexibility index (Phi) is 6.26. The molecule has 0 amide bonds. The molecule has 9 heteroatoms. The number of aryl methyl sites for hydroxylation is 1. The van der Waals surface area contributed by atoms with Crippen LogP contribution >= 0.6 is 11.3 Å². The zero-order valence-corrected chi connectivity index (χ0v) is 17.6. The lowest BCUT2D eigenvalue weighted by Crippen LogP contribution is -2.32. The van der Waals surface area contributed by atoms with Gasteiger partial charge in [0, 0.05) is 23.5 Å². The van der Waals surface area contributed by atoms with Gasteiger partial charge >= 0.3 is 0 Å². The molecule has 0 aliphatic carbocycles. The van der Waals surface area contributed by atoms with Gasteiger partial charge in [0.05, 0.1) is 9.77 Å². The Labute approximate surface area is 168 Å². The molecule has 0 bridgehead atoms. The lowest BCUT2D eigenvalue weighted by Gasteiger charge is -2.20. The van der Waals surface area contributed by atoms with Gasteiger partial charge < -0.3 is 4.52 Å². The maximum Gasteiger partial charge on any atom is 0.268 e. The SMILES string of the molecule is CCCN(CCC)S(=O)(=O)c1cc(-c2nc(-c3ccc(F)cc3)no2)sc1C. The Morgan fingerprint density at radius 2 is 1.79 bits per heavy atom. The molecule has 0 aliphatic heterocycles. The Balaban J connectivity index is 1.93. The Morgan fingerprint density at radius 1 is 1.14 bits per heavy atom. The predicted octanol–water partition coefficient (Wildman–Crippen LogP) is 4.72. The fourth-order valence-electron chi connectivity index (χ4n) is 2.86. The minimum absolute atomic E-state index is 0.242. The molecule has 0 unspecified atom stereocenters. The largest absolute Gasteiger partial charge is 0.333 e. The van der Waals surface area contributed by atoms with E-state index in [-0.39, 0.29) is 16.6 Å². The molecule has 28 heavy (non-hydrogen) atoms. The summed E-state index contributed by atoms with van der Waals surface area (Å²) in [7, 11) is -3.58. The van der Waals surface area contributed by atoms with E-state index in [1.54, 1.807) is 25.1 Å². The van der Waals surface area contributed by atoms with Crippen molar-refractivity contribution in [1.29, 1.82) is 0 Å². The number of hydrogen-bond acceptors (Lipinski definition) is 6. The fourth-order valence-corrected chi connectivity index (χ4v) is 5.96. The molecule has 3 aromatic rings. The van der Waals surface area contributed by atoms with Crippen molar-refractivity contribution in [2.45, 2.75) is 38.5 Å². The maximum atomic E-state index is 13.1. The van der Waals surface area contributed by atoms with Crippen LogP contribution in [0.3, 0.4) is 0 Å². The van der Waals surface area contributed by atoms with E-state index >= 15 is 0 Å². The number of halogens is 1. The van der Waals surface area contributed by atoms with Crippen LogP contribution in [0.4, 0.5) is 4.39 Å². The highest BCUT2D eigenvalue weighted by Crippen LogP contribution is 2.35. The molecule has 0 N–H and O–H groups in total. The zero-order valence-electron chi connectivity index (χ0n) is 16.0. The van der Waals surface area contributed by atoms with Crippen LogP contribution in [0, 0.1) is 12.7 Å². The Bertz CT molecular complexity index is 1040. The zero-order chi connectivity index (χ0) is 20.3. The van der Waals surface area contributed by atoms with Gasteiger partial charge in [0.25, 0.3) is 5.89 Å². The maximum absolute atomic E-state index is 13.1. The van der Waals surface area contributed by atoms with Gasteiger partial charge in [0.2, 0.25) is 15.8 Å². The van der Waals surface area contributed by atoms with Crippen LogP contribution in [-0.4, -0.2) is 36.0 Å². The third-order valence-electron chi connectivity index (χ3n) is 4.18. The van der Waals surface area contributed by atoms with Crippen LogP contribution < -0.4 is 0 Å². The highest BCUT2D eigenvalue weighted by molar-refractivity contribution is 7.89.